The van der Waals surface area contributed by atoms with Gasteiger partial charge in [0.2, 0.25) is 0 Å². The van der Waals surface area contributed by atoms with E-state index < -0.39 is 11.1 Å². The topological polar surface area (TPSA) is 47.3 Å². The van der Waals surface area contributed by atoms with Gasteiger partial charge in [0.15, 0.2) is 0 Å². The van der Waals surface area contributed by atoms with E-state index in [4.69, 9.17) is 9.72 Å². The fourth-order valence-electron chi connectivity index (χ4n) is 6.20. The summed E-state index contributed by atoms with van der Waals surface area (Å²) in [5.41, 5.74) is 5.40. The number of rotatable bonds is 8. The van der Waals surface area contributed by atoms with E-state index >= 15 is 0 Å². The minimum absolute atomic E-state index is 0.0351. The van der Waals surface area contributed by atoms with Gasteiger partial charge in [-0.05, 0) is 47.1 Å². The zero-order chi connectivity index (χ0) is 25.8. The van der Waals surface area contributed by atoms with E-state index in [1.54, 1.807) is 0 Å². The highest BCUT2D eigenvalue weighted by Crippen LogP contribution is 2.45. The number of nitrogens with zero attached hydrogens (tertiary/aromatic N) is 2. The molecule has 0 aliphatic heterocycles. The molecule has 0 saturated heterocycles. The second-order valence-electron chi connectivity index (χ2n) is 9.88. The Morgan fingerprint density at radius 2 is 1.32 bits per heavy atom. The van der Waals surface area contributed by atoms with E-state index in [2.05, 4.69) is 126 Å². The Labute approximate surface area is 224 Å². The molecular formula is C34H32N2O2. The van der Waals surface area contributed by atoms with E-state index in [0.717, 1.165) is 47.2 Å². The zero-order valence-corrected chi connectivity index (χ0v) is 21.4. The van der Waals surface area contributed by atoms with Crippen molar-refractivity contribution < 1.29 is 9.84 Å². The highest BCUT2D eigenvalue weighted by molar-refractivity contribution is 5.51. The predicted molar refractivity (Wildman–Crippen MR) is 150 cm³/mol. The van der Waals surface area contributed by atoms with Gasteiger partial charge in [0.1, 0.15) is 11.1 Å². The van der Waals surface area contributed by atoms with Gasteiger partial charge in [-0.15, -0.1) is 0 Å². The van der Waals surface area contributed by atoms with Crippen LogP contribution in [-0.4, -0.2) is 27.9 Å². The number of hydrogen-bond donors (Lipinski definition) is 1. The summed E-state index contributed by atoms with van der Waals surface area (Å²) in [6.07, 6.45) is 6.94. The van der Waals surface area contributed by atoms with Crippen molar-refractivity contribution in [1.29, 1.82) is 0 Å². The number of aliphatic hydroxyl groups is 1. The average Bonchev–Trinajstić information content (AvgIpc) is 3.49. The molecule has 4 heteroatoms. The first kappa shape index (κ1) is 24.4. The van der Waals surface area contributed by atoms with Crippen molar-refractivity contribution >= 4 is 0 Å². The normalized spacial score (nSPS) is 17.2. The summed E-state index contributed by atoms with van der Waals surface area (Å²) >= 11 is 0. The van der Waals surface area contributed by atoms with Crippen molar-refractivity contribution in [3.05, 3.63) is 161 Å². The van der Waals surface area contributed by atoms with Gasteiger partial charge in [-0.25, -0.2) is 4.98 Å². The number of ether oxygens (including phenoxy) is 1. The Morgan fingerprint density at radius 1 is 0.763 bits per heavy atom. The van der Waals surface area contributed by atoms with Crippen molar-refractivity contribution in [3.8, 4) is 0 Å². The smallest absolute Gasteiger partial charge is 0.137 e. The third kappa shape index (κ3) is 3.97. The van der Waals surface area contributed by atoms with Crippen molar-refractivity contribution in [2.45, 2.75) is 30.4 Å². The van der Waals surface area contributed by atoms with Gasteiger partial charge in [-0.1, -0.05) is 115 Å². The molecule has 4 aromatic carbocycles. The molecule has 1 aliphatic rings. The molecule has 0 bridgehead atoms. The van der Waals surface area contributed by atoms with Gasteiger partial charge in [0, 0.05) is 6.20 Å². The number of aryl methyl sites for hydroxylation is 1. The van der Waals surface area contributed by atoms with Crippen LogP contribution in [0.3, 0.4) is 0 Å². The Balaban J connectivity index is 1.61. The second kappa shape index (κ2) is 10.4. The number of fused-ring (bicyclic) bond motifs is 1. The number of hydrogen-bond acceptors (Lipinski definition) is 3. The Morgan fingerprint density at radius 3 is 1.89 bits per heavy atom. The Kier molecular flexibility index (Phi) is 6.67. The minimum Gasteiger partial charge on any atom is -0.394 e. The lowest BCUT2D eigenvalue weighted by Gasteiger charge is -2.39. The molecule has 0 radical (unpaired) electrons. The lowest BCUT2D eigenvalue weighted by atomic mass is 9.76. The van der Waals surface area contributed by atoms with Crippen LogP contribution in [0.25, 0.3) is 0 Å². The standard InChI is InChI=1S/C34H32N2O2/c37-23-24-38-33(22-12-14-27-13-10-11-21-31(27)33)32-25-36(26-35-32)34(28-15-4-1-5-16-28,29-17-6-2-7-18-29)30-19-8-3-9-20-30/h1-11,13,15-21,25-26,37H,12,14,22-24H2. The lowest BCUT2D eigenvalue weighted by molar-refractivity contribution is -0.0473. The van der Waals surface area contributed by atoms with Gasteiger partial charge in [0.05, 0.1) is 25.2 Å². The van der Waals surface area contributed by atoms with Crippen LogP contribution >= 0.6 is 0 Å². The fraction of sp³-hybridized carbons (Fsp3) is 0.206. The Bertz CT molecular complexity index is 1380. The third-order valence-electron chi connectivity index (χ3n) is 7.83. The van der Waals surface area contributed by atoms with Gasteiger partial charge in [-0.2, -0.15) is 0 Å². The first-order chi connectivity index (χ1) is 18.8. The molecule has 0 spiro atoms. The summed E-state index contributed by atoms with van der Waals surface area (Å²) in [4.78, 5) is 5.06. The molecule has 0 amide bonds. The van der Waals surface area contributed by atoms with Crippen LogP contribution in [0.1, 0.15) is 46.4 Å². The molecular weight excluding hydrogens is 468 g/mol. The maximum absolute atomic E-state index is 9.74. The third-order valence-corrected chi connectivity index (χ3v) is 7.83. The van der Waals surface area contributed by atoms with Gasteiger partial charge in [0.25, 0.3) is 0 Å². The summed E-state index contributed by atoms with van der Waals surface area (Å²) in [6, 6.07) is 40.4. The van der Waals surface area contributed by atoms with Crippen molar-refractivity contribution in [2.75, 3.05) is 13.2 Å². The van der Waals surface area contributed by atoms with Crippen molar-refractivity contribution in [1.82, 2.24) is 9.55 Å². The monoisotopic (exact) mass is 500 g/mol. The molecule has 0 saturated carbocycles. The summed E-state index contributed by atoms with van der Waals surface area (Å²) < 4.78 is 8.79. The summed E-state index contributed by atoms with van der Waals surface area (Å²) in [5, 5.41) is 9.74. The maximum atomic E-state index is 9.74. The van der Waals surface area contributed by atoms with E-state index in [0.29, 0.717) is 0 Å². The second-order valence-corrected chi connectivity index (χ2v) is 9.88. The van der Waals surface area contributed by atoms with E-state index in [1.165, 1.54) is 5.56 Å². The van der Waals surface area contributed by atoms with Crippen LogP contribution in [0.5, 0.6) is 0 Å². The molecule has 4 nitrogen and oxygen atoms in total. The van der Waals surface area contributed by atoms with Crippen LogP contribution in [0.15, 0.2) is 128 Å². The van der Waals surface area contributed by atoms with E-state index in [9.17, 15) is 5.11 Å². The molecule has 6 rings (SSSR count). The maximum Gasteiger partial charge on any atom is 0.137 e. The van der Waals surface area contributed by atoms with Crippen LogP contribution in [0.4, 0.5) is 0 Å². The average molecular weight is 501 g/mol. The molecule has 1 aliphatic carbocycles. The van der Waals surface area contributed by atoms with Gasteiger partial charge >= 0.3 is 0 Å². The first-order valence-electron chi connectivity index (χ1n) is 13.3. The summed E-state index contributed by atoms with van der Waals surface area (Å²) in [6.45, 7) is 0.217. The molecule has 190 valence electrons. The number of aromatic nitrogens is 2. The Hall–Kier alpha value is -3.99. The van der Waals surface area contributed by atoms with Crippen LogP contribution in [0.2, 0.25) is 0 Å². The summed E-state index contributed by atoms with van der Waals surface area (Å²) in [5.74, 6) is 0. The minimum atomic E-state index is -0.710. The molecule has 38 heavy (non-hydrogen) atoms. The lowest BCUT2D eigenvalue weighted by Crippen LogP contribution is -2.38. The molecule has 1 N–H and O–H groups in total. The fourth-order valence-corrected chi connectivity index (χ4v) is 6.20. The quantitative estimate of drug-likeness (QED) is 0.254. The van der Waals surface area contributed by atoms with E-state index in [-0.39, 0.29) is 13.2 Å². The molecule has 0 fully saturated rings. The zero-order valence-electron chi connectivity index (χ0n) is 21.4. The van der Waals surface area contributed by atoms with Crippen LogP contribution in [-0.2, 0) is 22.3 Å². The van der Waals surface area contributed by atoms with Gasteiger partial charge < -0.3 is 14.4 Å². The highest BCUT2D eigenvalue weighted by atomic mass is 16.5. The molecule has 1 atom stereocenters. The summed E-state index contributed by atoms with van der Waals surface area (Å²) in [7, 11) is 0. The van der Waals surface area contributed by atoms with Crippen molar-refractivity contribution in [3.63, 3.8) is 0 Å². The predicted octanol–water partition coefficient (Wildman–Crippen LogP) is 6.31. The van der Waals surface area contributed by atoms with E-state index in [1.807, 2.05) is 6.33 Å². The first-order valence-corrected chi connectivity index (χ1v) is 13.3. The molecule has 5 aromatic rings. The van der Waals surface area contributed by atoms with Gasteiger partial charge in [-0.3, -0.25) is 0 Å². The van der Waals surface area contributed by atoms with Crippen molar-refractivity contribution in [2.24, 2.45) is 0 Å². The largest absolute Gasteiger partial charge is 0.394 e. The SMILES string of the molecule is OCCOC1(c2cn(C(c3ccccc3)(c3ccccc3)c3ccccc3)cn2)CCCc2ccccc21. The van der Waals surface area contributed by atoms with Crippen LogP contribution < -0.4 is 0 Å². The molecule has 1 heterocycles. The number of imidazole rings is 1. The van der Waals surface area contributed by atoms with Crippen LogP contribution in [0, 0.1) is 0 Å². The molecule has 1 aromatic heterocycles. The number of benzene rings is 4. The highest BCUT2D eigenvalue weighted by Gasteiger charge is 2.44. The number of aliphatic hydroxyl groups excluding tert-OH is 1. The molecule has 1 unspecified atom stereocenters.